The van der Waals surface area contributed by atoms with E-state index in [4.69, 9.17) is 0 Å². The summed E-state index contributed by atoms with van der Waals surface area (Å²) in [5.74, 6) is -5.20. The van der Waals surface area contributed by atoms with Crippen LogP contribution in [0.2, 0.25) is 0 Å². The zero-order valence-corrected chi connectivity index (χ0v) is 11.9. The zero-order valence-electron chi connectivity index (χ0n) is 10.3. The molecule has 18 heavy (non-hydrogen) atoms. The summed E-state index contributed by atoms with van der Waals surface area (Å²) in [6.45, 7) is 1.40. The Labute approximate surface area is 113 Å². The van der Waals surface area contributed by atoms with Gasteiger partial charge in [-0.15, -0.1) is 0 Å². The van der Waals surface area contributed by atoms with Crippen molar-refractivity contribution in [1.29, 1.82) is 0 Å². The van der Waals surface area contributed by atoms with Crippen molar-refractivity contribution in [2.24, 2.45) is 0 Å². The van der Waals surface area contributed by atoms with Crippen molar-refractivity contribution in [2.75, 3.05) is 25.6 Å². The molecule has 0 saturated carbocycles. The molecule has 1 aromatic carbocycles. The van der Waals surface area contributed by atoms with Crippen LogP contribution in [0.25, 0.3) is 0 Å². The maximum absolute atomic E-state index is 14.0. The van der Waals surface area contributed by atoms with Crippen LogP contribution < -0.4 is 4.90 Å². The van der Waals surface area contributed by atoms with E-state index in [1.807, 2.05) is 0 Å². The Morgan fingerprint density at radius 3 is 2.56 bits per heavy atom. The monoisotopic (exact) mass is 321 g/mol. The van der Waals surface area contributed by atoms with Crippen molar-refractivity contribution < 1.29 is 18.3 Å². The highest BCUT2D eigenvalue weighted by Crippen LogP contribution is 2.37. The van der Waals surface area contributed by atoms with Crippen LogP contribution in [0.15, 0.2) is 22.7 Å². The molecule has 0 saturated heterocycles. The number of alkyl halides is 2. The fourth-order valence-corrected chi connectivity index (χ4v) is 1.84. The molecule has 0 fully saturated rings. The molecule has 3 nitrogen and oxygen atoms in total. The Kier molecular flexibility index (Phi) is 4.67. The van der Waals surface area contributed by atoms with Gasteiger partial charge in [0, 0.05) is 24.3 Å². The molecular formula is C12H14BrF2NO2. The molecular weight excluding hydrogens is 308 g/mol. The van der Waals surface area contributed by atoms with Crippen LogP contribution in [-0.2, 0) is 15.5 Å². The third kappa shape index (κ3) is 2.98. The van der Waals surface area contributed by atoms with Crippen LogP contribution in [0.1, 0.15) is 12.5 Å². The van der Waals surface area contributed by atoms with E-state index in [2.05, 4.69) is 20.7 Å². The third-order valence-corrected chi connectivity index (χ3v) is 2.80. The molecule has 1 aromatic rings. The smallest absolute Gasteiger partial charge is 0.382 e. The maximum Gasteiger partial charge on any atom is 0.382 e. The second-order valence-electron chi connectivity index (χ2n) is 3.85. The van der Waals surface area contributed by atoms with Crippen molar-refractivity contribution in [3.63, 3.8) is 0 Å². The number of hydrogen-bond acceptors (Lipinski definition) is 3. The zero-order chi connectivity index (χ0) is 13.9. The molecule has 0 aliphatic heterocycles. The number of esters is 1. The van der Waals surface area contributed by atoms with Crippen LogP contribution >= 0.6 is 15.9 Å². The highest BCUT2D eigenvalue weighted by Gasteiger charge is 2.44. The van der Waals surface area contributed by atoms with Crippen LogP contribution in [-0.4, -0.2) is 26.7 Å². The largest absolute Gasteiger partial charge is 0.461 e. The second-order valence-corrected chi connectivity index (χ2v) is 4.77. The van der Waals surface area contributed by atoms with Gasteiger partial charge in [-0.25, -0.2) is 4.79 Å². The molecule has 0 atom stereocenters. The number of anilines is 1. The summed E-state index contributed by atoms with van der Waals surface area (Å²) in [6.07, 6.45) is 0. The van der Waals surface area contributed by atoms with Crippen molar-refractivity contribution in [2.45, 2.75) is 12.8 Å². The fraction of sp³-hybridized carbons (Fsp3) is 0.417. The van der Waals surface area contributed by atoms with Crippen LogP contribution in [0.5, 0.6) is 0 Å². The first-order valence-electron chi connectivity index (χ1n) is 5.33. The molecule has 0 spiro atoms. The van der Waals surface area contributed by atoms with E-state index in [1.54, 1.807) is 20.2 Å². The summed E-state index contributed by atoms with van der Waals surface area (Å²) in [5.41, 5.74) is -0.100. The van der Waals surface area contributed by atoms with Crippen molar-refractivity contribution in [3.8, 4) is 0 Å². The van der Waals surface area contributed by atoms with Crippen LogP contribution in [0.4, 0.5) is 14.5 Å². The number of hydrogen-bond donors (Lipinski definition) is 0. The molecule has 0 N–H and O–H groups in total. The molecule has 0 bridgehead atoms. The van der Waals surface area contributed by atoms with E-state index in [0.29, 0.717) is 4.47 Å². The first-order valence-corrected chi connectivity index (χ1v) is 6.12. The summed E-state index contributed by atoms with van der Waals surface area (Å²) >= 11 is 3.12. The van der Waals surface area contributed by atoms with Crippen LogP contribution in [0.3, 0.4) is 0 Å². The summed E-state index contributed by atoms with van der Waals surface area (Å²) in [5, 5.41) is 0. The Bertz CT molecular complexity index is 450. The molecule has 0 aromatic heterocycles. The number of carbonyl (C=O) groups excluding carboxylic acids is 1. The van der Waals surface area contributed by atoms with Gasteiger partial charge in [0.15, 0.2) is 0 Å². The van der Waals surface area contributed by atoms with Crippen molar-refractivity contribution in [1.82, 2.24) is 0 Å². The Balaban J connectivity index is 3.29. The first kappa shape index (κ1) is 14.9. The van der Waals surface area contributed by atoms with E-state index < -0.39 is 11.9 Å². The molecule has 0 aliphatic rings. The van der Waals surface area contributed by atoms with Gasteiger partial charge in [-0.3, -0.25) is 0 Å². The third-order valence-electron chi connectivity index (χ3n) is 2.31. The highest BCUT2D eigenvalue weighted by atomic mass is 79.9. The van der Waals surface area contributed by atoms with E-state index in [-0.39, 0.29) is 17.9 Å². The van der Waals surface area contributed by atoms with Gasteiger partial charge in [0.25, 0.3) is 0 Å². The first-order chi connectivity index (χ1) is 8.30. The lowest BCUT2D eigenvalue weighted by atomic mass is 10.1. The van der Waals surface area contributed by atoms with Gasteiger partial charge in [-0.2, -0.15) is 8.78 Å². The van der Waals surface area contributed by atoms with Crippen molar-refractivity contribution >= 4 is 27.6 Å². The molecule has 0 heterocycles. The van der Waals surface area contributed by atoms with Crippen molar-refractivity contribution in [3.05, 3.63) is 28.2 Å². The van der Waals surface area contributed by atoms with Gasteiger partial charge >= 0.3 is 11.9 Å². The summed E-state index contributed by atoms with van der Waals surface area (Å²) < 4.78 is 32.9. The highest BCUT2D eigenvalue weighted by molar-refractivity contribution is 9.10. The minimum atomic E-state index is -3.67. The van der Waals surface area contributed by atoms with Gasteiger partial charge in [0.1, 0.15) is 0 Å². The predicted molar refractivity (Wildman–Crippen MR) is 69.0 cm³/mol. The van der Waals surface area contributed by atoms with Gasteiger partial charge < -0.3 is 9.64 Å². The quantitative estimate of drug-likeness (QED) is 0.798. The molecule has 0 amide bonds. The lowest BCUT2D eigenvalue weighted by Crippen LogP contribution is -2.30. The molecule has 1 rings (SSSR count). The maximum atomic E-state index is 14.0. The van der Waals surface area contributed by atoms with Gasteiger partial charge in [0.05, 0.1) is 12.2 Å². The minimum Gasteiger partial charge on any atom is -0.461 e. The van der Waals surface area contributed by atoms with E-state index in [0.717, 1.165) is 0 Å². The number of nitrogens with zero attached hydrogens (tertiary/aromatic N) is 1. The van der Waals surface area contributed by atoms with Gasteiger partial charge in [-0.1, -0.05) is 15.9 Å². The average molecular weight is 322 g/mol. The Morgan fingerprint density at radius 2 is 2.06 bits per heavy atom. The molecule has 0 radical (unpaired) electrons. The number of halogens is 3. The van der Waals surface area contributed by atoms with Crippen LogP contribution in [0, 0.1) is 0 Å². The number of benzene rings is 1. The van der Waals surface area contributed by atoms with Gasteiger partial charge in [-0.05, 0) is 25.1 Å². The molecule has 0 unspecified atom stereocenters. The number of carbonyl (C=O) groups is 1. The summed E-state index contributed by atoms with van der Waals surface area (Å²) in [6, 6.07) is 4.39. The lowest BCUT2D eigenvalue weighted by molar-refractivity contribution is -0.173. The van der Waals surface area contributed by atoms with E-state index in [1.165, 1.54) is 24.0 Å². The topological polar surface area (TPSA) is 29.5 Å². The molecule has 100 valence electrons. The second kappa shape index (κ2) is 5.65. The normalized spacial score (nSPS) is 11.2. The van der Waals surface area contributed by atoms with E-state index in [9.17, 15) is 13.6 Å². The fourth-order valence-electron chi connectivity index (χ4n) is 1.48. The molecule has 0 aliphatic carbocycles. The average Bonchev–Trinajstić information content (AvgIpc) is 2.28. The summed E-state index contributed by atoms with van der Waals surface area (Å²) in [4.78, 5) is 12.9. The SMILES string of the molecule is CCOC(=O)C(F)(F)c1cc(Br)ccc1N(C)C. The Morgan fingerprint density at radius 1 is 1.44 bits per heavy atom. The van der Waals surface area contributed by atoms with E-state index >= 15 is 0 Å². The molecule has 6 heteroatoms. The predicted octanol–water partition coefficient (Wildman–Crippen LogP) is 3.17. The lowest BCUT2D eigenvalue weighted by Gasteiger charge is -2.22. The summed E-state index contributed by atoms with van der Waals surface area (Å²) in [7, 11) is 3.27. The Hall–Kier alpha value is -1.17. The number of ether oxygens (including phenoxy) is 1. The van der Waals surface area contributed by atoms with Gasteiger partial charge in [0.2, 0.25) is 0 Å². The number of rotatable bonds is 4. The standard InChI is InChI=1S/C12H14BrF2NO2/c1-4-18-11(17)12(14,15)9-7-8(13)5-6-10(9)16(2)3/h5-7H,4H2,1-3H3. The minimum absolute atomic E-state index is 0.0836.